The Balaban J connectivity index is 1.89. The first-order valence-corrected chi connectivity index (χ1v) is 10.2. The van der Waals surface area contributed by atoms with Gasteiger partial charge >= 0.3 is 0 Å². The second-order valence-corrected chi connectivity index (χ2v) is 7.73. The summed E-state index contributed by atoms with van der Waals surface area (Å²) in [4.78, 5) is 4.81. The Kier molecular flexibility index (Phi) is 6.68. The van der Waals surface area contributed by atoms with Crippen LogP contribution in [0.3, 0.4) is 0 Å². The van der Waals surface area contributed by atoms with Crippen molar-refractivity contribution < 1.29 is 18.9 Å². The molecule has 0 aliphatic carbocycles. The molecule has 0 radical (unpaired) electrons. The van der Waals surface area contributed by atoms with Crippen molar-refractivity contribution in [3.8, 4) is 23.0 Å². The molecule has 1 aliphatic rings. The molecule has 5 heteroatoms. The quantitative estimate of drug-likeness (QED) is 0.638. The van der Waals surface area contributed by atoms with Crippen LogP contribution in [0.4, 0.5) is 0 Å². The highest BCUT2D eigenvalue weighted by Crippen LogP contribution is 2.35. The summed E-state index contributed by atoms with van der Waals surface area (Å²) in [5, 5.41) is 0. The lowest BCUT2D eigenvalue weighted by Gasteiger charge is -2.22. The summed E-state index contributed by atoms with van der Waals surface area (Å²) in [6.07, 6.45) is 1.82. The smallest absolute Gasteiger partial charge is 0.161 e. The zero-order chi connectivity index (χ0) is 21.0. The van der Waals surface area contributed by atoms with Gasteiger partial charge in [-0.15, -0.1) is 0 Å². The Morgan fingerprint density at radius 3 is 2.14 bits per heavy atom. The van der Waals surface area contributed by atoms with E-state index in [0.29, 0.717) is 0 Å². The molecule has 3 rings (SSSR count). The minimum Gasteiger partial charge on any atom is -0.493 e. The van der Waals surface area contributed by atoms with Crippen LogP contribution in [-0.4, -0.2) is 38.7 Å². The number of nitrogens with zero attached hydrogens (tertiary/aromatic N) is 1. The van der Waals surface area contributed by atoms with Gasteiger partial charge in [0.25, 0.3) is 0 Å². The molecule has 1 heterocycles. The minimum absolute atomic E-state index is 0.0951. The van der Waals surface area contributed by atoms with Crippen LogP contribution in [0.5, 0.6) is 23.0 Å². The number of ether oxygens (including phenoxy) is 4. The summed E-state index contributed by atoms with van der Waals surface area (Å²) < 4.78 is 22.9. The van der Waals surface area contributed by atoms with E-state index in [1.54, 1.807) is 14.2 Å². The number of benzene rings is 2. The van der Waals surface area contributed by atoms with E-state index in [2.05, 4.69) is 18.2 Å². The molecular formula is C24H31NO4. The molecule has 2 aromatic rings. The number of rotatable bonds is 8. The maximum absolute atomic E-state index is 5.94. The van der Waals surface area contributed by atoms with Crippen molar-refractivity contribution in [1.29, 1.82) is 0 Å². The lowest BCUT2D eigenvalue weighted by Crippen LogP contribution is -2.17. The predicted octanol–water partition coefficient (Wildman–Crippen LogP) is 4.87. The first kappa shape index (κ1) is 21.0. The highest BCUT2D eigenvalue weighted by Gasteiger charge is 2.20. The van der Waals surface area contributed by atoms with Crippen molar-refractivity contribution in [2.24, 2.45) is 4.99 Å². The summed E-state index contributed by atoms with van der Waals surface area (Å²) in [5.74, 6) is 3.03. The third kappa shape index (κ3) is 5.03. The average molecular weight is 398 g/mol. The third-order valence-corrected chi connectivity index (χ3v) is 4.71. The average Bonchev–Trinajstić information content (AvgIpc) is 2.68. The molecule has 0 saturated carbocycles. The van der Waals surface area contributed by atoms with Crippen LogP contribution in [0.15, 0.2) is 35.3 Å². The van der Waals surface area contributed by atoms with E-state index in [0.717, 1.165) is 59.2 Å². The Hall–Kier alpha value is -2.69. The summed E-state index contributed by atoms with van der Waals surface area (Å²) in [7, 11) is 3.34. The molecule has 0 N–H and O–H groups in total. The lowest BCUT2D eigenvalue weighted by atomic mass is 9.93. The fraction of sp³-hybridized carbons (Fsp3) is 0.458. The Morgan fingerprint density at radius 1 is 0.828 bits per heavy atom. The van der Waals surface area contributed by atoms with Gasteiger partial charge in [-0.2, -0.15) is 0 Å². The molecule has 5 nitrogen and oxygen atoms in total. The molecular weight excluding hydrogens is 366 g/mol. The topological polar surface area (TPSA) is 49.3 Å². The van der Waals surface area contributed by atoms with Gasteiger partial charge in [-0.25, -0.2) is 0 Å². The first-order valence-electron chi connectivity index (χ1n) is 10.2. The second-order valence-electron chi connectivity index (χ2n) is 7.73. The Morgan fingerprint density at radius 2 is 1.48 bits per heavy atom. The van der Waals surface area contributed by atoms with Crippen LogP contribution in [0.25, 0.3) is 0 Å². The summed E-state index contributed by atoms with van der Waals surface area (Å²) in [6.45, 7) is 8.83. The largest absolute Gasteiger partial charge is 0.493 e. The van der Waals surface area contributed by atoms with E-state index in [4.69, 9.17) is 23.9 Å². The van der Waals surface area contributed by atoms with Gasteiger partial charge in [0.1, 0.15) is 0 Å². The molecule has 1 aliphatic heterocycles. The fourth-order valence-corrected chi connectivity index (χ4v) is 3.50. The molecule has 0 spiro atoms. The van der Waals surface area contributed by atoms with Gasteiger partial charge in [0.15, 0.2) is 23.0 Å². The first-order chi connectivity index (χ1) is 13.9. The van der Waals surface area contributed by atoms with E-state index in [1.165, 1.54) is 5.56 Å². The van der Waals surface area contributed by atoms with E-state index in [9.17, 15) is 0 Å². The highest BCUT2D eigenvalue weighted by atomic mass is 16.5. The number of methoxy groups -OCH3 is 2. The van der Waals surface area contributed by atoms with Gasteiger partial charge in [0.2, 0.25) is 0 Å². The highest BCUT2D eigenvalue weighted by molar-refractivity contribution is 6.04. The van der Waals surface area contributed by atoms with Crippen LogP contribution in [0, 0.1) is 0 Å². The maximum atomic E-state index is 5.94. The van der Waals surface area contributed by atoms with Crippen molar-refractivity contribution in [3.05, 3.63) is 47.0 Å². The van der Waals surface area contributed by atoms with Gasteiger partial charge in [-0.1, -0.05) is 6.07 Å². The van der Waals surface area contributed by atoms with E-state index in [1.807, 2.05) is 39.8 Å². The van der Waals surface area contributed by atoms with Crippen LogP contribution in [0.2, 0.25) is 0 Å². The number of hydrogen-bond acceptors (Lipinski definition) is 5. The fourth-order valence-electron chi connectivity index (χ4n) is 3.50. The zero-order valence-electron chi connectivity index (χ0n) is 18.2. The zero-order valence-corrected chi connectivity index (χ0v) is 18.2. The molecule has 2 aromatic carbocycles. The molecule has 0 atom stereocenters. The van der Waals surface area contributed by atoms with Crippen LogP contribution in [0.1, 0.15) is 44.4 Å². The molecule has 0 bridgehead atoms. The van der Waals surface area contributed by atoms with E-state index in [-0.39, 0.29) is 12.2 Å². The maximum Gasteiger partial charge on any atom is 0.161 e. The number of fused-ring (bicyclic) bond motifs is 1. The van der Waals surface area contributed by atoms with Crippen molar-refractivity contribution >= 4 is 5.71 Å². The molecule has 156 valence electrons. The van der Waals surface area contributed by atoms with Crippen molar-refractivity contribution in [3.63, 3.8) is 0 Å². The lowest BCUT2D eigenvalue weighted by molar-refractivity contribution is 0.229. The van der Waals surface area contributed by atoms with E-state index >= 15 is 0 Å². The normalized spacial score (nSPS) is 13.2. The molecule has 0 fully saturated rings. The predicted molar refractivity (Wildman–Crippen MR) is 116 cm³/mol. The van der Waals surface area contributed by atoms with Crippen LogP contribution in [-0.2, 0) is 12.8 Å². The van der Waals surface area contributed by atoms with Gasteiger partial charge in [-0.05, 0) is 69.5 Å². The van der Waals surface area contributed by atoms with Gasteiger partial charge < -0.3 is 18.9 Å². The van der Waals surface area contributed by atoms with Crippen LogP contribution >= 0.6 is 0 Å². The molecule has 0 amide bonds. The SMILES string of the molecule is COc1cc(CC2=NCCc3cc(OC(C)C)c(OC)cc32)ccc1OC(C)C. The molecule has 0 aromatic heterocycles. The second kappa shape index (κ2) is 9.21. The molecule has 0 unspecified atom stereocenters. The summed E-state index contributed by atoms with van der Waals surface area (Å²) in [5.41, 5.74) is 4.56. The molecule has 0 saturated heterocycles. The summed E-state index contributed by atoms with van der Waals surface area (Å²) >= 11 is 0. The molecule has 29 heavy (non-hydrogen) atoms. The summed E-state index contributed by atoms with van der Waals surface area (Å²) in [6, 6.07) is 10.2. The van der Waals surface area contributed by atoms with Gasteiger partial charge in [-0.3, -0.25) is 4.99 Å². The van der Waals surface area contributed by atoms with Crippen molar-refractivity contribution in [1.82, 2.24) is 0 Å². The van der Waals surface area contributed by atoms with Crippen molar-refractivity contribution in [2.45, 2.75) is 52.7 Å². The van der Waals surface area contributed by atoms with Gasteiger partial charge in [0, 0.05) is 24.2 Å². The minimum atomic E-state index is 0.0951. The van der Waals surface area contributed by atoms with Crippen molar-refractivity contribution in [2.75, 3.05) is 20.8 Å². The standard InChI is InChI=1S/C24H31NO4/c1-15(2)28-21-8-7-17(12-22(21)26-5)11-20-19-14-23(27-6)24(29-16(3)4)13-18(19)9-10-25-20/h7-8,12-16H,9-11H2,1-6H3. The monoisotopic (exact) mass is 397 g/mol. The van der Waals surface area contributed by atoms with Crippen LogP contribution < -0.4 is 18.9 Å². The van der Waals surface area contributed by atoms with E-state index < -0.39 is 0 Å². The number of aliphatic imine (C=N–C) groups is 1. The number of hydrogen-bond donors (Lipinski definition) is 0. The Bertz CT molecular complexity index is 887. The van der Waals surface area contributed by atoms with Gasteiger partial charge in [0.05, 0.1) is 26.4 Å². The third-order valence-electron chi connectivity index (χ3n) is 4.71. The Labute approximate surface area is 173 Å².